The second-order valence-electron chi connectivity index (χ2n) is 6.37. The number of carbonyl (C=O) groups is 2. The fourth-order valence-electron chi connectivity index (χ4n) is 3.06. The molecule has 0 amide bonds. The van der Waals surface area contributed by atoms with Crippen molar-refractivity contribution < 1.29 is 24.2 Å². The molecule has 0 radical (unpaired) electrons. The monoisotopic (exact) mass is 397 g/mol. The lowest BCUT2D eigenvalue weighted by atomic mass is 9.98. The van der Waals surface area contributed by atoms with Crippen LogP contribution in [0.2, 0.25) is 0 Å². The number of methoxy groups -OCH3 is 1. The first-order valence-corrected chi connectivity index (χ1v) is 9.00. The standard InChI is InChI=1S/C20H27NO5.ClH/c1-3-26-20(24)16-5-4-11-21(14-16)12-10-17(22)8-6-15-7-9-19(25-2)18(23)13-15;/h6-9,13,16,23H,3-5,10-12,14H2,1-2H3;1H/b8-6+;. The number of halogens is 1. The summed E-state index contributed by atoms with van der Waals surface area (Å²) in [5.41, 5.74) is 0.733. The molecule has 27 heavy (non-hydrogen) atoms. The minimum Gasteiger partial charge on any atom is -0.504 e. The normalized spacial score (nSPS) is 17.3. The molecule has 6 nitrogen and oxygen atoms in total. The van der Waals surface area contributed by atoms with Crippen molar-refractivity contribution in [3.05, 3.63) is 29.8 Å². The third kappa shape index (κ3) is 7.23. The van der Waals surface area contributed by atoms with Crippen molar-refractivity contribution in [2.24, 2.45) is 5.92 Å². The minimum absolute atomic E-state index is 0. The van der Waals surface area contributed by atoms with Gasteiger partial charge in [-0.3, -0.25) is 9.59 Å². The fraction of sp³-hybridized carbons (Fsp3) is 0.500. The Morgan fingerprint density at radius 3 is 2.81 bits per heavy atom. The van der Waals surface area contributed by atoms with E-state index in [9.17, 15) is 14.7 Å². The molecular weight excluding hydrogens is 370 g/mol. The second-order valence-corrected chi connectivity index (χ2v) is 6.37. The van der Waals surface area contributed by atoms with Crippen LogP contribution in [0.25, 0.3) is 6.08 Å². The summed E-state index contributed by atoms with van der Waals surface area (Å²) in [4.78, 5) is 26.1. The molecule has 1 aliphatic heterocycles. The number of esters is 1. The summed E-state index contributed by atoms with van der Waals surface area (Å²) >= 11 is 0. The van der Waals surface area contributed by atoms with E-state index in [2.05, 4.69) is 4.90 Å². The van der Waals surface area contributed by atoms with E-state index in [1.165, 1.54) is 13.2 Å². The van der Waals surface area contributed by atoms with E-state index in [0.29, 0.717) is 31.9 Å². The molecule has 2 rings (SSSR count). The first-order valence-electron chi connectivity index (χ1n) is 9.00. The molecule has 1 fully saturated rings. The quantitative estimate of drug-likeness (QED) is 0.536. The third-order valence-electron chi connectivity index (χ3n) is 4.46. The lowest BCUT2D eigenvalue weighted by molar-refractivity contribution is -0.149. The Kier molecular flexibility index (Phi) is 9.89. The van der Waals surface area contributed by atoms with E-state index in [1.54, 1.807) is 24.3 Å². The number of benzene rings is 1. The smallest absolute Gasteiger partial charge is 0.310 e. The van der Waals surface area contributed by atoms with Crippen molar-refractivity contribution in [2.75, 3.05) is 33.4 Å². The number of likely N-dealkylation sites (tertiary alicyclic amines) is 1. The number of phenols is 1. The van der Waals surface area contributed by atoms with Crippen LogP contribution >= 0.6 is 12.4 Å². The zero-order valence-electron chi connectivity index (χ0n) is 15.8. The number of rotatable bonds is 8. The predicted molar refractivity (Wildman–Crippen MR) is 106 cm³/mol. The van der Waals surface area contributed by atoms with Gasteiger partial charge in [0.2, 0.25) is 0 Å². The summed E-state index contributed by atoms with van der Waals surface area (Å²) in [5, 5.41) is 9.75. The minimum atomic E-state index is -0.136. The maximum atomic E-state index is 12.1. The van der Waals surface area contributed by atoms with Crippen LogP contribution in [0.4, 0.5) is 0 Å². The fourth-order valence-corrected chi connectivity index (χ4v) is 3.06. The molecule has 1 unspecified atom stereocenters. The van der Waals surface area contributed by atoms with Crippen molar-refractivity contribution in [2.45, 2.75) is 26.2 Å². The Balaban J connectivity index is 0.00000364. The molecule has 150 valence electrons. The topological polar surface area (TPSA) is 76.1 Å². The van der Waals surface area contributed by atoms with Crippen molar-refractivity contribution in [1.29, 1.82) is 0 Å². The number of phenolic OH excluding ortho intramolecular Hbond substituents is 1. The van der Waals surface area contributed by atoms with Gasteiger partial charge in [0.05, 0.1) is 19.6 Å². The summed E-state index contributed by atoms with van der Waals surface area (Å²) < 4.78 is 10.1. The maximum Gasteiger partial charge on any atom is 0.310 e. The number of aromatic hydroxyl groups is 1. The molecule has 0 bridgehead atoms. The molecule has 1 atom stereocenters. The summed E-state index contributed by atoms with van der Waals surface area (Å²) in [6.45, 7) is 4.40. The first kappa shape index (κ1) is 23.0. The van der Waals surface area contributed by atoms with Crippen LogP contribution in [0.3, 0.4) is 0 Å². The number of hydrogen-bond acceptors (Lipinski definition) is 6. The van der Waals surface area contributed by atoms with E-state index < -0.39 is 0 Å². The maximum absolute atomic E-state index is 12.1. The highest BCUT2D eigenvalue weighted by molar-refractivity contribution is 5.93. The Hall–Kier alpha value is -2.05. The van der Waals surface area contributed by atoms with E-state index in [0.717, 1.165) is 24.9 Å². The van der Waals surface area contributed by atoms with Crippen molar-refractivity contribution in [3.63, 3.8) is 0 Å². The largest absolute Gasteiger partial charge is 0.504 e. The van der Waals surface area contributed by atoms with Crippen LogP contribution < -0.4 is 4.74 Å². The molecule has 0 aliphatic carbocycles. The molecule has 7 heteroatoms. The van der Waals surface area contributed by atoms with Crippen LogP contribution in [-0.2, 0) is 14.3 Å². The Bertz CT molecular complexity index is 662. The number of hydrogen-bond donors (Lipinski definition) is 1. The van der Waals surface area contributed by atoms with Gasteiger partial charge in [0.25, 0.3) is 0 Å². The summed E-state index contributed by atoms with van der Waals surface area (Å²) in [5.74, 6) is 0.230. The van der Waals surface area contributed by atoms with Crippen molar-refractivity contribution in [3.8, 4) is 11.5 Å². The van der Waals surface area contributed by atoms with Gasteiger partial charge in [0.1, 0.15) is 0 Å². The second kappa shape index (κ2) is 11.6. The van der Waals surface area contributed by atoms with Gasteiger partial charge < -0.3 is 19.5 Å². The molecule has 1 N–H and O–H groups in total. The SMILES string of the molecule is CCOC(=O)C1CCCN(CCC(=O)/C=C/c2ccc(OC)c(O)c2)C1.Cl. The number of nitrogens with zero attached hydrogens (tertiary/aromatic N) is 1. The summed E-state index contributed by atoms with van der Waals surface area (Å²) in [6.07, 6.45) is 5.39. The average Bonchev–Trinajstić information content (AvgIpc) is 2.65. The van der Waals surface area contributed by atoms with Gasteiger partial charge in [0, 0.05) is 19.5 Å². The lowest BCUT2D eigenvalue weighted by Crippen LogP contribution is -2.40. The summed E-state index contributed by atoms with van der Waals surface area (Å²) in [7, 11) is 1.49. The van der Waals surface area contributed by atoms with Gasteiger partial charge in [-0.15, -0.1) is 12.4 Å². The number of ketones is 1. The zero-order valence-corrected chi connectivity index (χ0v) is 16.7. The van der Waals surface area contributed by atoms with E-state index in [4.69, 9.17) is 9.47 Å². The highest BCUT2D eigenvalue weighted by Gasteiger charge is 2.26. The predicted octanol–water partition coefficient (Wildman–Crippen LogP) is 3.07. The molecule has 1 aliphatic rings. The van der Waals surface area contributed by atoms with Gasteiger partial charge in [-0.1, -0.05) is 12.1 Å². The lowest BCUT2D eigenvalue weighted by Gasteiger charge is -2.31. The number of allylic oxidation sites excluding steroid dienone is 1. The van der Waals surface area contributed by atoms with Crippen molar-refractivity contribution in [1.82, 2.24) is 4.90 Å². The van der Waals surface area contributed by atoms with Gasteiger partial charge in [-0.05, 0) is 50.1 Å². The van der Waals surface area contributed by atoms with E-state index in [-0.39, 0.29) is 35.8 Å². The molecule has 0 saturated carbocycles. The first-order chi connectivity index (χ1) is 12.5. The number of ether oxygens (including phenoxy) is 2. The van der Waals surface area contributed by atoms with Crippen LogP contribution in [0, 0.1) is 5.92 Å². The van der Waals surface area contributed by atoms with Gasteiger partial charge >= 0.3 is 5.97 Å². The van der Waals surface area contributed by atoms with Crippen LogP contribution in [0.1, 0.15) is 31.7 Å². The molecule has 0 spiro atoms. The molecule has 1 heterocycles. The Morgan fingerprint density at radius 2 is 2.15 bits per heavy atom. The Labute approximate surface area is 166 Å². The highest BCUT2D eigenvalue weighted by atomic mass is 35.5. The van der Waals surface area contributed by atoms with Gasteiger partial charge in [-0.25, -0.2) is 0 Å². The summed E-state index contributed by atoms with van der Waals surface area (Å²) in [6, 6.07) is 4.98. The highest BCUT2D eigenvalue weighted by Crippen LogP contribution is 2.26. The van der Waals surface area contributed by atoms with E-state index >= 15 is 0 Å². The third-order valence-corrected chi connectivity index (χ3v) is 4.46. The zero-order chi connectivity index (χ0) is 18.9. The van der Waals surface area contributed by atoms with Gasteiger partial charge in [0.15, 0.2) is 17.3 Å². The Morgan fingerprint density at radius 1 is 1.37 bits per heavy atom. The van der Waals surface area contributed by atoms with Gasteiger partial charge in [-0.2, -0.15) is 0 Å². The molecule has 0 aromatic heterocycles. The molecule has 1 saturated heterocycles. The van der Waals surface area contributed by atoms with Crippen LogP contribution in [-0.4, -0.2) is 55.1 Å². The number of piperidine rings is 1. The molecule has 1 aromatic rings. The van der Waals surface area contributed by atoms with Crippen LogP contribution in [0.15, 0.2) is 24.3 Å². The number of carbonyl (C=O) groups excluding carboxylic acids is 2. The van der Waals surface area contributed by atoms with Crippen molar-refractivity contribution >= 4 is 30.2 Å². The molecule has 1 aromatic carbocycles. The molecular formula is C20H28ClNO5. The van der Waals surface area contributed by atoms with E-state index in [1.807, 2.05) is 6.92 Å². The average molecular weight is 398 g/mol. The van der Waals surface area contributed by atoms with Crippen LogP contribution in [0.5, 0.6) is 11.5 Å².